The van der Waals surface area contributed by atoms with Gasteiger partial charge in [-0.15, -0.1) is 0 Å². The average molecular weight is 457 g/mol. The lowest BCUT2D eigenvalue weighted by Crippen LogP contribution is -2.40. The Morgan fingerprint density at radius 3 is 2.52 bits per heavy atom. The van der Waals surface area contributed by atoms with Crippen molar-refractivity contribution in [2.75, 3.05) is 18.0 Å². The zero-order valence-corrected chi connectivity index (χ0v) is 20.2. The maximum atomic E-state index is 13.6. The van der Waals surface area contributed by atoms with Crippen LogP contribution in [0.25, 0.3) is 11.7 Å². The van der Waals surface area contributed by atoms with Gasteiger partial charge < -0.3 is 4.90 Å². The first-order valence-corrected chi connectivity index (χ1v) is 11.9. The second-order valence-electron chi connectivity index (χ2n) is 9.04. The molecule has 0 aromatic carbocycles. The molecule has 4 heterocycles. The highest BCUT2D eigenvalue weighted by Crippen LogP contribution is 2.35. The topological polar surface area (TPSA) is 57.9 Å². The number of carbonyl (C=O) groups excluding carboxylic acids is 1. The molecular weight excluding hydrogens is 428 g/mol. The largest absolute Gasteiger partial charge is 0.355 e. The number of thiocarbonyl (C=S) groups is 1. The van der Waals surface area contributed by atoms with E-state index in [0.717, 1.165) is 25.1 Å². The Balaban J connectivity index is 1.92. The second-order valence-corrected chi connectivity index (χ2v) is 10.7. The summed E-state index contributed by atoms with van der Waals surface area (Å²) in [6, 6.07) is 3.78. The fourth-order valence-electron chi connectivity index (χ4n) is 4.56. The van der Waals surface area contributed by atoms with Crippen LogP contribution in [0.1, 0.15) is 45.2 Å². The fraction of sp³-hybridized carbons (Fsp3) is 0.478. The van der Waals surface area contributed by atoms with E-state index in [0.29, 0.717) is 38.1 Å². The summed E-state index contributed by atoms with van der Waals surface area (Å²) in [7, 11) is 0. The molecule has 0 unspecified atom stereocenters. The zero-order valence-electron chi connectivity index (χ0n) is 18.6. The molecule has 2 aliphatic rings. The number of aromatic nitrogens is 2. The third-order valence-corrected chi connectivity index (χ3v) is 7.18. The van der Waals surface area contributed by atoms with Crippen molar-refractivity contribution >= 4 is 51.7 Å². The van der Waals surface area contributed by atoms with Crippen LogP contribution in [0, 0.1) is 18.8 Å². The number of aryl methyl sites for hydroxylation is 1. The van der Waals surface area contributed by atoms with Crippen molar-refractivity contribution in [3.8, 4) is 0 Å². The SMILES string of the molecule is Cc1cccn2c(=O)c(/C=C3/SC(=S)N(C(C)C)C3=O)c(N3C[C@H](C)C[C@@H](C)C3)nc12. The highest BCUT2D eigenvalue weighted by molar-refractivity contribution is 8.26. The first-order chi connectivity index (χ1) is 14.7. The lowest BCUT2D eigenvalue weighted by molar-refractivity contribution is -0.123. The van der Waals surface area contributed by atoms with E-state index in [4.69, 9.17) is 17.2 Å². The highest BCUT2D eigenvalue weighted by atomic mass is 32.2. The molecule has 2 fully saturated rings. The van der Waals surface area contributed by atoms with E-state index in [1.165, 1.54) is 11.8 Å². The van der Waals surface area contributed by atoms with Crippen LogP contribution in [0.5, 0.6) is 0 Å². The van der Waals surface area contributed by atoms with Crippen LogP contribution in [0.2, 0.25) is 0 Å². The Kier molecular flexibility index (Phi) is 5.96. The van der Waals surface area contributed by atoms with Gasteiger partial charge in [0.2, 0.25) is 0 Å². The third-order valence-electron chi connectivity index (χ3n) is 5.85. The third kappa shape index (κ3) is 4.03. The summed E-state index contributed by atoms with van der Waals surface area (Å²) in [5, 5.41) is 0. The summed E-state index contributed by atoms with van der Waals surface area (Å²) >= 11 is 6.67. The first kappa shape index (κ1) is 22.0. The quantitative estimate of drug-likeness (QED) is 0.512. The summed E-state index contributed by atoms with van der Waals surface area (Å²) in [4.78, 5) is 35.8. The molecule has 0 radical (unpaired) electrons. The number of hydrogen-bond acceptors (Lipinski definition) is 6. The van der Waals surface area contributed by atoms with E-state index in [1.807, 2.05) is 32.9 Å². The van der Waals surface area contributed by atoms with Gasteiger partial charge in [0, 0.05) is 25.3 Å². The molecule has 2 aliphatic heterocycles. The molecule has 0 aliphatic carbocycles. The molecule has 1 amide bonds. The van der Waals surface area contributed by atoms with Gasteiger partial charge >= 0.3 is 0 Å². The number of hydrogen-bond donors (Lipinski definition) is 0. The normalized spacial score (nSPS) is 23.6. The Bertz CT molecular complexity index is 1140. The molecule has 8 heteroatoms. The second kappa shape index (κ2) is 8.39. The van der Waals surface area contributed by atoms with Gasteiger partial charge in [-0.1, -0.05) is 43.9 Å². The van der Waals surface area contributed by atoms with Crippen molar-refractivity contribution < 1.29 is 4.79 Å². The lowest BCUT2D eigenvalue weighted by atomic mass is 9.91. The van der Waals surface area contributed by atoms with E-state index in [9.17, 15) is 9.59 Å². The highest BCUT2D eigenvalue weighted by Gasteiger charge is 2.35. The molecule has 0 N–H and O–H groups in total. The van der Waals surface area contributed by atoms with Crippen molar-refractivity contribution in [3.63, 3.8) is 0 Å². The molecule has 0 bridgehead atoms. The van der Waals surface area contributed by atoms with Crippen molar-refractivity contribution in [1.29, 1.82) is 0 Å². The maximum absolute atomic E-state index is 13.6. The molecule has 0 spiro atoms. The van der Waals surface area contributed by atoms with E-state index in [2.05, 4.69) is 18.7 Å². The number of pyridine rings is 1. The number of thioether (sulfide) groups is 1. The van der Waals surface area contributed by atoms with Crippen LogP contribution in [-0.2, 0) is 4.79 Å². The predicted octanol–water partition coefficient (Wildman–Crippen LogP) is 4.09. The molecule has 0 saturated carbocycles. The molecule has 2 atom stereocenters. The Morgan fingerprint density at radius 1 is 1.23 bits per heavy atom. The van der Waals surface area contributed by atoms with E-state index >= 15 is 0 Å². The van der Waals surface area contributed by atoms with Gasteiger partial charge in [0.05, 0.1) is 10.5 Å². The monoisotopic (exact) mass is 456 g/mol. The van der Waals surface area contributed by atoms with E-state index in [-0.39, 0.29) is 17.5 Å². The smallest absolute Gasteiger partial charge is 0.267 e. The molecule has 2 aromatic heterocycles. The predicted molar refractivity (Wildman–Crippen MR) is 132 cm³/mol. The number of carbonyl (C=O) groups is 1. The van der Waals surface area contributed by atoms with E-state index in [1.54, 1.807) is 21.6 Å². The number of amides is 1. The average Bonchev–Trinajstić information content (AvgIpc) is 2.97. The molecule has 31 heavy (non-hydrogen) atoms. The maximum Gasteiger partial charge on any atom is 0.267 e. The summed E-state index contributed by atoms with van der Waals surface area (Å²) in [5.74, 6) is 1.53. The lowest BCUT2D eigenvalue weighted by Gasteiger charge is -2.36. The minimum Gasteiger partial charge on any atom is -0.355 e. The number of rotatable bonds is 3. The molecule has 164 valence electrons. The molecule has 4 rings (SSSR count). The van der Waals surface area contributed by atoms with Gasteiger partial charge in [0.15, 0.2) is 0 Å². The van der Waals surface area contributed by atoms with Gasteiger partial charge in [-0.05, 0) is 56.7 Å². The van der Waals surface area contributed by atoms with Crippen LogP contribution < -0.4 is 10.5 Å². The van der Waals surface area contributed by atoms with Gasteiger partial charge in [-0.3, -0.25) is 18.9 Å². The number of nitrogens with zero attached hydrogens (tertiary/aromatic N) is 4. The standard InChI is InChI=1S/C23H28N4O2S2/c1-13(2)27-22(29)18(31-23(27)30)10-17-20(25-11-14(3)9-15(4)12-25)24-19-16(5)7-6-8-26(19)21(17)28/h6-8,10,13-15H,9,11-12H2,1-5H3/b18-10+/t14-,15-/m1/s1. The summed E-state index contributed by atoms with van der Waals surface area (Å²) in [6.07, 6.45) is 4.59. The minimum absolute atomic E-state index is 0.0276. The Morgan fingerprint density at radius 2 is 1.90 bits per heavy atom. The summed E-state index contributed by atoms with van der Waals surface area (Å²) in [6.45, 7) is 12.0. The zero-order chi connectivity index (χ0) is 22.4. The number of piperidine rings is 1. The van der Waals surface area contributed by atoms with Crippen molar-refractivity contribution in [3.05, 3.63) is 44.7 Å². The van der Waals surface area contributed by atoms with Crippen molar-refractivity contribution in [2.45, 2.75) is 47.1 Å². The van der Waals surface area contributed by atoms with Crippen molar-refractivity contribution in [2.24, 2.45) is 11.8 Å². The Labute approximate surface area is 192 Å². The fourth-order valence-corrected chi connectivity index (χ4v) is 6.07. The van der Waals surface area contributed by atoms with Gasteiger partial charge in [-0.2, -0.15) is 0 Å². The molecule has 2 aromatic rings. The molecule has 6 nitrogen and oxygen atoms in total. The van der Waals surface area contributed by atoms with Gasteiger partial charge in [-0.25, -0.2) is 4.98 Å². The van der Waals surface area contributed by atoms with Crippen LogP contribution in [0.3, 0.4) is 0 Å². The Hall–Kier alpha value is -2.19. The van der Waals surface area contributed by atoms with Gasteiger partial charge in [0.25, 0.3) is 11.5 Å². The van der Waals surface area contributed by atoms with Gasteiger partial charge in [0.1, 0.15) is 15.8 Å². The first-order valence-electron chi connectivity index (χ1n) is 10.7. The molecular formula is C23H28N4O2S2. The minimum atomic E-state index is -0.163. The summed E-state index contributed by atoms with van der Waals surface area (Å²) in [5.41, 5.74) is 1.88. The van der Waals surface area contributed by atoms with Crippen LogP contribution >= 0.6 is 24.0 Å². The van der Waals surface area contributed by atoms with Crippen LogP contribution in [0.15, 0.2) is 28.0 Å². The number of fused-ring (bicyclic) bond motifs is 1. The van der Waals surface area contributed by atoms with Crippen LogP contribution in [0.4, 0.5) is 5.82 Å². The van der Waals surface area contributed by atoms with Crippen LogP contribution in [-0.4, -0.2) is 43.6 Å². The molecule has 2 saturated heterocycles. The van der Waals surface area contributed by atoms with E-state index < -0.39 is 0 Å². The summed E-state index contributed by atoms with van der Waals surface area (Å²) < 4.78 is 2.10. The number of anilines is 1. The van der Waals surface area contributed by atoms with Crippen molar-refractivity contribution in [1.82, 2.24) is 14.3 Å².